The van der Waals surface area contributed by atoms with Gasteiger partial charge in [0.1, 0.15) is 6.10 Å². The lowest BCUT2D eigenvalue weighted by Crippen LogP contribution is -2.33. The van der Waals surface area contributed by atoms with E-state index in [4.69, 9.17) is 4.74 Å². The largest absolute Gasteiger partial charge is 0.462 e. The zero-order chi connectivity index (χ0) is 21.7. The Balaban J connectivity index is 1.63. The molecule has 3 nitrogen and oxygen atoms in total. The van der Waals surface area contributed by atoms with Crippen molar-refractivity contribution in [3.8, 4) is 6.07 Å². The van der Waals surface area contributed by atoms with Crippen LogP contribution in [0.4, 0.5) is 0 Å². The summed E-state index contributed by atoms with van der Waals surface area (Å²) in [5, 5.41) is 9.77. The molecule has 0 aromatic carbocycles. The second-order valence-corrected chi connectivity index (χ2v) is 10.3. The Kier molecular flexibility index (Phi) is 11.9. The maximum Gasteiger partial charge on any atom is 0.309 e. The number of carbonyl (C=O) groups excluding carboxylic acids is 1. The molecule has 0 aromatic heterocycles. The maximum atomic E-state index is 12.7. The van der Waals surface area contributed by atoms with Crippen molar-refractivity contribution in [2.45, 2.75) is 142 Å². The van der Waals surface area contributed by atoms with Crippen molar-refractivity contribution in [2.75, 3.05) is 0 Å². The van der Waals surface area contributed by atoms with Crippen molar-refractivity contribution in [3.63, 3.8) is 0 Å². The van der Waals surface area contributed by atoms with Gasteiger partial charge >= 0.3 is 5.97 Å². The molecule has 0 aromatic rings. The number of hydrogen-bond donors (Lipinski definition) is 0. The van der Waals surface area contributed by atoms with Crippen LogP contribution >= 0.6 is 0 Å². The predicted octanol–water partition coefficient (Wildman–Crippen LogP) is 8.12. The molecule has 0 N–H and O–H groups in total. The molecule has 0 unspecified atom stereocenters. The molecular weight excluding hydrogens is 370 g/mol. The Hall–Kier alpha value is -1.04. The Morgan fingerprint density at radius 3 is 2.07 bits per heavy atom. The Labute approximate surface area is 186 Å². The molecule has 0 atom stereocenters. The fourth-order valence-electron chi connectivity index (χ4n) is 5.55. The summed E-state index contributed by atoms with van der Waals surface area (Å²) >= 11 is 0. The number of hydrogen-bond acceptors (Lipinski definition) is 3. The molecule has 2 rings (SSSR count). The fourth-order valence-corrected chi connectivity index (χ4v) is 5.55. The van der Waals surface area contributed by atoms with E-state index >= 15 is 0 Å². The van der Waals surface area contributed by atoms with Crippen LogP contribution in [0.25, 0.3) is 0 Å². The minimum atomic E-state index is -0.162. The van der Waals surface area contributed by atoms with E-state index in [1.807, 2.05) is 0 Å². The number of carbonyl (C=O) groups is 1. The molecule has 0 heterocycles. The first-order valence-corrected chi connectivity index (χ1v) is 13.2. The normalized spacial score (nSPS) is 29.3. The zero-order valence-electron chi connectivity index (χ0n) is 19.9. The number of esters is 1. The van der Waals surface area contributed by atoms with Gasteiger partial charge in [-0.05, 0) is 63.7 Å². The first kappa shape index (κ1) is 25.2. The van der Waals surface area contributed by atoms with Gasteiger partial charge in [0, 0.05) is 0 Å². The lowest BCUT2D eigenvalue weighted by molar-refractivity contribution is -0.158. The summed E-state index contributed by atoms with van der Waals surface area (Å²) < 4.78 is 5.93. The minimum Gasteiger partial charge on any atom is -0.462 e. The standard InChI is InChI=1S/C27H47NO2/c1-3-5-7-9-11-19-27(22-28)20-17-25(18-21-27)30-26(29)24-15-13-23(14-16-24)12-10-8-6-4-2/h23-25H,3-21H2,1-2H3/t23-,24-,25-,27-. The van der Waals surface area contributed by atoms with E-state index in [1.165, 1.54) is 77.0 Å². The highest BCUT2D eigenvalue weighted by Crippen LogP contribution is 2.41. The van der Waals surface area contributed by atoms with Crippen molar-refractivity contribution < 1.29 is 9.53 Å². The molecule has 2 aliphatic carbocycles. The van der Waals surface area contributed by atoms with Crippen LogP contribution in [0.1, 0.15) is 136 Å². The summed E-state index contributed by atoms with van der Waals surface area (Å²) in [6.07, 6.45) is 22.1. The van der Waals surface area contributed by atoms with Gasteiger partial charge in [-0.1, -0.05) is 78.1 Å². The van der Waals surface area contributed by atoms with Crippen LogP contribution in [0.15, 0.2) is 0 Å². The van der Waals surface area contributed by atoms with Gasteiger partial charge in [-0.3, -0.25) is 4.79 Å². The second kappa shape index (κ2) is 14.1. The third-order valence-corrected chi connectivity index (χ3v) is 7.81. The smallest absolute Gasteiger partial charge is 0.309 e. The molecule has 0 bridgehead atoms. The molecule has 0 aliphatic heterocycles. The van der Waals surface area contributed by atoms with Gasteiger partial charge in [0.05, 0.1) is 17.4 Å². The van der Waals surface area contributed by atoms with E-state index < -0.39 is 0 Å². The summed E-state index contributed by atoms with van der Waals surface area (Å²) in [4.78, 5) is 12.7. The lowest BCUT2D eigenvalue weighted by Gasteiger charge is -2.35. The summed E-state index contributed by atoms with van der Waals surface area (Å²) in [7, 11) is 0. The molecular formula is C27H47NO2. The quantitative estimate of drug-likeness (QED) is 0.224. The third-order valence-electron chi connectivity index (χ3n) is 7.81. The summed E-state index contributed by atoms with van der Waals surface area (Å²) in [5.74, 6) is 1.00. The van der Waals surface area contributed by atoms with E-state index in [0.717, 1.165) is 50.9 Å². The van der Waals surface area contributed by atoms with Crippen LogP contribution in [0.5, 0.6) is 0 Å². The SMILES string of the molecule is CCCCCCC[C@]1(C#N)CC[C@H](OC(=O)[C@H]2CC[C@H](CCCCCC)CC2)CC1. The van der Waals surface area contributed by atoms with Crippen LogP contribution in [0, 0.1) is 28.6 Å². The Bertz CT molecular complexity index is 507. The fraction of sp³-hybridized carbons (Fsp3) is 0.926. The van der Waals surface area contributed by atoms with E-state index in [1.54, 1.807) is 0 Å². The first-order valence-electron chi connectivity index (χ1n) is 13.2. The molecule has 30 heavy (non-hydrogen) atoms. The average Bonchev–Trinajstić information content (AvgIpc) is 2.78. The molecule has 0 radical (unpaired) electrons. The van der Waals surface area contributed by atoms with Crippen molar-refractivity contribution in [3.05, 3.63) is 0 Å². The maximum absolute atomic E-state index is 12.7. The van der Waals surface area contributed by atoms with Gasteiger partial charge in [-0.15, -0.1) is 0 Å². The molecule has 0 amide bonds. The topological polar surface area (TPSA) is 50.1 Å². The highest BCUT2D eigenvalue weighted by Gasteiger charge is 2.37. The molecule has 172 valence electrons. The third kappa shape index (κ3) is 8.60. The van der Waals surface area contributed by atoms with E-state index in [9.17, 15) is 10.1 Å². The van der Waals surface area contributed by atoms with Crippen LogP contribution in [0.3, 0.4) is 0 Å². The summed E-state index contributed by atoms with van der Waals surface area (Å²) in [6, 6.07) is 2.63. The lowest BCUT2D eigenvalue weighted by atomic mass is 9.71. The van der Waals surface area contributed by atoms with Gasteiger partial charge in [-0.2, -0.15) is 5.26 Å². The summed E-state index contributed by atoms with van der Waals surface area (Å²) in [6.45, 7) is 4.50. The number of nitrogens with zero attached hydrogens (tertiary/aromatic N) is 1. The van der Waals surface area contributed by atoms with Gasteiger partial charge in [0.2, 0.25) is 0 Å². The molecule has 0 saturated heterocycles. The van der Waals surface area contributed by atoms with Crippen LogP contribution in [-0.4, -0.2) is 12.1 Å². The second-order valence-electron chi connectivity index (χ2n) is 10.3. The van der Waals surface area contributed by atoms with Crippen molar-refractivity contribution in [1.82, 2.24) is 0 Å². The number of nitriles is 1. The Morgan fingerprint density at radius 2 is 1.47 bits per heavy atom. The molecule has 2 aliphatic rings. The van der Waals surface area contributed by atoms with Gasteiger partial charge in [-0.25, -0.2) is 0 Å². The minimum absolute atomic E-state index is 0.0471. The number of ether oxygens (including phenoxy) is 1. The highest BCUT2D eigenvalue weighted by atomic mass is 16.5. The van der Waals surface area contributed by atoms with Gasteiger partial charge in [0.15, 0.2) is 0 Å². The predicted molar refractivity (Wildman–Crippen MR) is 124 cm³/mol. The zero-order valence-corrected chi connectivity index (χ0v) is 19.9. The van der Waals surface area contributed by atoms with Crippen LogP contribution in [-0.2, 0) is 9.53 Å². The van der Waals surface area contributed by atoms with Crippen molar-refractivity contribution >= 4 is 5.97 Å². The number of unbranched alkanes of at least 4 members (excludes halogenated alkanes) is 7. The van der Waals surface area contributed by atoms with Gasteiger partial charge in [0.25, 0.3) is 0 Å². The van der Waals surface area contributed by atoms with Crippen LogP contribution in [0.2, 0.25) is 0 Å². The molecule has 2 fully saturated rings. The highest BCUT2D eigenvalue weighted by molar-refractivity contribution is 5.72. The first-order chi connectivity index (χ1) is 14.6. The van der Waals surface area contributed by atoms with E-state index in [2.05, 4.69) is 19.9 Å². The Morgan fingerprint density at radius 1 is 0.867 bits per heavy atom. The average molecular weight is 418 g/mol. The van der Waals surface area contributed by atoms with Crippen LogP contribution < -0.4 is 0 Å². The van der Waals surface area contributed by atoms with E-state index in [0.29, 0.717) is 0 Å². The molecule has 2 saturated carbocycles. The number of rotatable bonds is 13. The van der Waals surface area contributed by atoms with Crippen molar-refractivity contribution in [2.24, 2.45) is 17.3 Å². The van der Waals surface area contributed by atoms with E-state index in [-0.39, 0.29) is 23.4 Å². The molecule has 3 heteroatoms. The monoisotopic (exact) mass is 417 g/mol. The molecule has 0 spiro atoms. The van der Waals surface area contributed by atoms with Crippen molar-refractivity contribution in [1.29, 1.82) is 5.26 Å². The van der Waals surface area contributed by atoms with Gasteiger partial charge < -0.3 is 4.74 Å². The summed E-state index contributed by atoms with van der Waals surface area (Å²) in [5.41, 5.74) is -0.162.